The van der Waals surface area contributed by atoms with Crippen molar-refractivity contribution >= 4 is 11.7 Å². The lowest BCUT2D eigenvalue weighted by Gasteiger charge is -2.42. The van der Waals surface area contributed by atoms with Gasteiger partial charge < -0.3 is 16.0 Å². The summed E-state index contributed by atoms with van der Waals surface area (Å²) in [5.41, 5.74) is 8.29. The van der Waals surface area contributed by atoms with Gasteiger partial charge >= 0.3 is 0 Å². The maximum absolute atomic E-state index is 12.1. The van der Waals surface area contributed by atoms with E-state index in [1.807, 2.05) is 18.7 Å². The number of amidine groups is 1. The number of hydrogen-bond donors (Lipinski definition) is 3. The third kappa shape index (κ3) is 2.35. The molecule has 1 amide bonds. The molecule has 4 rings (SSSR count). The zero-order valence-corrected chi connectivity index (χ0v) is 13.7. The van der Waals surface area contributed by atoms with Crippen LogP contribution in [0.25, 0.3) is 0 Å². The van der Waals surface area contributed by atoms with Crippen molar-refractivity contribution in [2.24, 2.45) is 17.1 Å². The van der Waals surface area contributed by atoms with Crippen LogP contribution >= 0.6 is 0 Å². The fourth-order valence-corrected chi connectivity index (χ4v) is 3.92. The van der Waals surface area contributed by atoms with Crippen molar-refractivity contribution in [2.45, 2.75) is 71.4 Å². The van der Waals surface area contributed by atoms with Crippen molar-refractivity contribution in [1.82, 2.24) is 10.2 Å². The van der Waals surface area contributed by atoms with Gasteiger partial charge in [0.25, 0.3) is 5.91 Å². The standard InChI is InChI=1S/C15H22N4O.C2H6/c16-12-13(20)18-10-3-1-2-4-11(10)19(12)14(17)15(7-8-15)9-5-6-9;1-2/h9,12,17H,1-8,16H2,(H,18,20);1-2H3. The van der Waals surface area contributed by atoms with Crippen LogP contribution in [0.3, 0.4) is 0 Å². The van der Waals surface area contributed by atoms with Gasteiger partial charge in [0, 0.05) is 16.8 Å². The van der Waals surface area contributed by atoms with Gasteiger partial charge in [0.05, 0.1) is 0 Å². The Kier molecular flexibility index (Phi) is 4.02. The predicted octanol–water partition coefficient (Wildman–Crippen LogP) is 2.68. The maximum Gasteiger partial charge on any atom is 0.262 e. The van der Waals surface area contributed by atoms with Crippen molar-refractivity contribution < 1.29 is 4.79 Å². The molecule has 0 aromatic rings. The molecule has 1 heterocycles. The highest BCUT2D eigenvalue weighted by molar-refractivity contribution is 5.96. The summed E-state index contributed by atoms with van der Waals surface area (Å²) in [6.45, 7) is 4.00. The van der Waals surface area contributed by atoms with Gasteiger partial charge in [0.1, 0.15) is 5.84 Å². The Bertz CT molecular complexity index is 517. The van der Waals surface area contributed by atoms with Gasteiger partial charge in [-0.05, 0) is 57.3 Å². The average molecular weight is 304 g/mol. The Morgan fingerprint density at radius 2 is 1.91 bits per heavy atom. The molecule has 0 radical (unpaired) electrons. The minimum atomic E-state index is -0.712. The minimum Gasteiger partial charge on any atom is -0.325 e. The molecule has 2 saturated carbocycles. The van der Waals surface area contributed by atoms with Gasteiger partial charge in [0.2, 0.25) is 0 Å². The number of hydrogen-bond acceptors (Lipinski definition) is 3. The first-order valence-electron chi connectivity index (χ1n) is 8.80. The third-order valence-electron chi connectivity index (χ3n) is 5.41. The molecule has 0 aromatic carbocycles. The highest BCUT2D eigenvalue weighted by Gasteiger charge is 2.59. The van der Waals surface area contributed by atoms with E-state index in [0.717, 1.165) is 49.9 Å². The van der Waals surface area contributed by atoms with E-state index in [9.17, 15) is 4.79 Å². The van der Waals surface area contributed by atoms with Crippen LogP contribution in [0.1, 0.15) is 65.2 Å². The van der Waals surface area contributed by atoms with Gasteiger partial charge in [-0.2, -0.15) is 0 Å². The third-order valence-corrected chi connectivity index (χ3v) is 5.41. The van der Waals surface area contributed by atoms with E-state index in [1.54, 1.807) is 0 Å². The van der Waals surface area contributed by atoms with Crippen molar-refractivity contribution in [3.8, 4) is 0 Å². The lowest BCUT2D eigenvalue weighted by molar-refractivity contribution is -0.125. The number of allylic oxidation sites excluding steroid dienone is 2. The molecule has 0 spiro atoms. The van der Waals surface area contributed by atoms with E-state index < -0.39 is 6.17 Å². The topological polar surface area (TPSA) is 82.2 Å². The van der Waals surface area contributed by atoms with Gasteiger partial charge in [-0.1, -0.05) is 13.8 Å². The molecule has 2 fully saturated rings. The molecule has 0 aromatic heterocycles. The Labute approximate surface area is 132 Å². The number of carbonyl (C=O) groups is 1. The molecule has 5 heteroatoms. The van der Waals surface area contributed by atoms with Crippen molar-refractivity contribution in [1.29, 1.82) is 5.41 Å². The monoisotopic (exact) mass is 304 g/mol. The summed E-state index contributed by atoms with van der Waals surface area (Å²) in [5.74, 6) is 1.14. The van der Waals surface area contributed by atoms with Gasteiger partial charge in [-0.3, -0.25) is 10.2 Å². The molecule has 1 unspecified atom stereocenters. The molecule has 3 aliphatic carbocycles. The summed E-state index contributed by atoms with van der Waals surface area (Å²) in [5, 5.41) is 11.6. The molecule has 4 N–H and O–H groups in total. The second-order valence-electron chi connectivity index (χ2n) is 6.72. The highest BCUT2D eigenvalue weighted by atomic mass is 16.2. The van der Waals surface area contributed by atoms with E-state index in [4.69, 9.17) is 11.1 Å². The van der Waals surface area contributed by atoms with E-state index in [0.29, 0.717) is 11.8 Å². The normalized spacial score (nSPS) is 29.1. The van der Waals surface area contributed by atoms with Crippen LogP contribution in [0, 0.1) is 16.7 Å². The zero-order chi connectivity index (χ0) is 15.9. The van der Waals surface area contributed by atoms with Crippen LogP contribution in [-0.4, -0.2) is 22.8 Å². The lowest BCUT2D eigenvalue weighted by Crippen LogP contribution is -2.60. The molecule has 22 heavy (non-hydrogen) atoms. The molecule has 0 bridgehead atoms. The first-order chi connectivity index (χ1) is 10.6. The largest absolute Gasteiger partial charge is 0.325 e. The number of nitrogens with zero attached hydrogens (tertiary/aromatic N) is 1. The van der Waals surface area contributed by atoms with Crippen LogP contribution < -0.4 is 11.1 Å². The summed E-state index contributed by atoms with van der Waals surface area (Å²) in [7, 11) is 0. The summed E-state index contributed by atoms with van der Waals surface area (Å²) < 4.78 is 0. The van der Waals surface area contributed by atoms with E-state index in [2.05, 4.69) is 5.32 Å². The van der Waals surface area contributed by atoms with Crippen molar-refractivity contribution in [3.05, 3.63) is 11.4 Å². The lowest BCUT2D eigenvalue weighted by atomic mass is 9.93. The van der Waals surface area contributed by atoms with E-state index in [-0.39, 0.29) is 11.3 Å². The molecular weight excluding hydrogens is 276 g/mol. The number of nitrogens with one attached hydrogen (secondary N) is 2. The smallest absolute Gasteiger partial charge is 0.262 e. The fraction of sp³-hybridized carbons (Fsp3) is 0.765. The first-order valence-corrected chi connectivity index (χ1v) is 8.80. The number of rotatable bonds is 2. The predicted molar refractivity (Wildman–Crippen MR) is 86.9 cm³/mol. The Morgan fingerprint density at radius 3 is 2.50 bits per heavy atom. The van der Waals surface area contributed by atoms with Crippen molar-refractivity contribution in [3.63, 3.8) is 0 Å². The summed E-state index contributed by atoms with van der Waals surface area (Å²) in [4.78, 5) is 14.0. The average Bonchev–Trinajstić information content (AvgIpc) is 3.41. The van der Waals surface area contributed by atoms with Crippen LogP contribution in [0.4, 0.5) is 0 Å². The van der Waals surface area contributed by atoms with Gasteiger partial charge in [-0.25, -0.2) is 0 Å². The summed E-state index contributed by atoms with van der Waals surface area (Å²) in [6.07, 6.45) is 8.06. The fourth-order valence-electron chi connectivity index (χ4n) is 3.92. The number of nitrogens with two attached hydrogens (primary N) is 1. The van der Waals surface area contributed by atoms with Crippen LogP contribution in [0.15, 0.2) is 11.4 Å². The Hall–Kier alpha value is -1.36. The molecule has 0 saturated heterocycles. The summed E-state index contributed by atoms with van der Waals surface area (Å²) >= 11 is 0. The van der Waals surface area contributed by atoms with E-state index in [1.165, 1.54) is 12.8 Å². The Morgan fingerprint density at radius 1 is 1.27 bits per heavy atom. The molecule has 5 nitrogen and oxygen atoms in total. The number of amides is 1. The maximum atomic E-state index is 12.1. The molecule has 1 aliphatic heterocycles. The van der Waals surface area contributed by atoms with Crippen LogP contribution in [-0.2, 0) is 4.79 Å². The minimum absolute atomic E-state index is 0.0464. The second-order valence-corrected chi connectivity index (χ2v) is 6.72. The Balaban J connectivity index is 0.000000693. The molecule has 1 atom stereocenters. The van der Waals surface area contributed by atoms with Gasteiger partial charge in [0.15, 0.2) is 6.17 Å². The molecule has 4 aliphatic rings. The quantitative estimate of drug-likeness (QED) is 0.542. The second kappa shape index (κ2) is 5.69. The SMILES string of the molecule is CC.N=C(N1C2=C(CCCC2)NC(=O)C1N)C1(C2CC2)CC1. The van der Waals surface area contributed by atoms with E-state index >= 15 is 0 Å². The van der Waals surface area contributed by atoms with Gasteiger partial charge in [-0.15, -0.1) is 0 Å². The highest BCUT2D eigenvalue weighted by Crippen LogP contribution is 2.62. The first kappa shape index (κ1) is 15.5. The molecular formula is C17H28N4O. The van der Waals surface area contributed by atoms with Crippen molar-refractivity contribution in [2.75, 3.05) is 0 Å². The number of carbonyl (C=O) groups excluding carboxylic acids is 1. The molecule has 122 valence electrons. The van der Waals surface area contributed by atoms with Crippen LogP contribution in [0.5, 0.6) is 0 Å². The van der Waals surface area contributed by atoms with Crippen LogP contribution in [0.2, 0.25) is 0 Å². The summed E-state index contributed by atoms with van der Waals surface area (Å²) in [6, 6.07) is 0. The zero-order valence-electron chi connectivity index (χ0n) is 13.7.